The Balaban J connectivity index is 1.44. The summed E-state index contributed by atoms with van der Waals surface area (Å²) in [5, 5.41) is 0. The maximum Gasteiger partial charge on any atom is 0.254 e. The molecular weight excluding hydrogens is 392 g/mol. The highest BCUT2D eigenvalue weighted by Crippen LogP contribution is 2.33. The number of fused-ring (bicyclic) bond motifs is 1. The van der Waals surface area contributed by atoms with E-state index in [9.17, 15) is 14.4 Å². The van der Waals surface area contributed by atoms with Gasteiger partial charge in [-0.25, -0.2) is 4.98 Å². The summed E-state index contributed by atoms with van der Waals surface area (Å²) in [5.74, 6) is 0.854. The zero-order valence-corrected chi connectivity index (χ0v) is 17.9. The molecule has 2 fully saturated rings. The van der Waals surface area contributed by atoms with Crippen molar-refractivity contribution in [2.24, 2.45) is 5.92 Å². The van der Waals surface area contributed by atoms with Gasteiger partial charge in [0, 0.05) is 30.1 Å². The number of benzene rings is 1. The Morgan fingerprint density at radius 2 is 1.84 bits per heavy atom. The van der Waals surface area contributed by atoms with Gasteiger partial charge in [0.05, 0.1) is 18.3 Å². The smallest absolute Gasteiger partial charge is 0.254 e. The van der Waals surface area contributed by atoms with Gasteiger partial charge in [-0.2, -0.15) is 0 Å². The number of likely N-dealkylation sites (tertiary alicyclic amines) is 1. The molecule has 5 rings (SSSR count). The van der Waals surface area contributed by atoms with Crippen molar-refractivity contribution in [1.29, 1.82) is 0 Å². The van der Waals surface area contributed by atoms with Crippen molar-refractivity contribution in [2.45, 2.75) is 58.0 Å². The average Bonchev–Trinajstić information content (AvgIpc) is 3.64. The SMILES string of the molecule is Cc1ccc(C(=O)N2CCCC[C@H]2c2nc3c(c(=O)[nH]2)CCN(C(=O)C2CC2)C3)cc1. The van der Waals surface area contributed by atoms with Crippen molar-refractivity contribution in [3.05, 3.63) is 62.8 Å². The van der Waals surface area contributed by atoms with E-state index in [1.165, 1.54) is 0 Å². The Hall–Kier alpha value is -2.96. The molecule has 0 radical (unpaired) electrons. The Labute approximate surface area is 181 Å². The molecule has 1 aromatic carbocycles. The van der Waals surface area contributed by atoms with E-state index < -0.39 is 0 Å². The highest BCUT2D eigenvalue weighted by Gasteiger charge is 2.36. The lowest BCUT2D eigenvalue weighted by atomic mass is 9.99. The number of aryl methyl sites for hydroxylation is 1. The highest BCUT2D eigenvalue weighted by molar-refractivity contribution is 5.94. The van der Waals surface area contributed by atoms with Gasteiger partial charge in [0.1, 0.15) is 5.82 Å². The number of hydrogen-bond donors (Lipinski definition) is 1. The van der Waals surface area contributed by atoms with Gasteiger partial charge in [-0.3, -0.25) is 14.4 Å². The minimum Gasteiger partial charge on any atom is -0.336 e. The molecule has 1 saturated carbocycles. The molecule has 0 spiro atoms. The number of nitrogens with zero attached hydrogens (tertiary/aromatic N) is 3. The minimum atomic E-state index is -0.255. The third-order valence-corrected chi connectivity index (χ3v) is 6.71. The van der Waals surface area contributed by atoms with Crippen LogP contribution in [0.25, 0.3) is 0 Å². The van der Waals surface area contributed by atoms with E-state index in [1.54, 1.807) is 0 Å². The van der Waals surface area contributed by atoms with Crippen LogP contribution in [0.5, 0.6) is 0 Å². The van der Waals surface area contributed by atoms with E-state index in [4.69, 9.17) is 4.98 Å². The summed E-state index contributed by atoms with van der Waals surface area (Å²) in [5.41, 5.74) is 2.99. The largest absolute Gasteiger partial charge is 0.336 e. The van der Waals surface area contributed by atoms with Crippen LogP contribution in [-0.4, -0.2) is 44.7 Å². The van der Waals surface area contributed by atoms with E-state index in [2.05, 4.69) is 4.98 Å². The second kappa shape index (κ2) is 7.94. The number of hydrogen-bond acceptors (Lipinski definition) is 4. The molecule has 0 bridgehead atoms. The first-order valence-corrected chi connectivity index (χ1v) is 11.3. The van der Waals surface area contributed by atoms with Crippen LogP contribution in [-0.2, 0) is 17.8 Å². The van der Waals surface area contributed by atoms with Gasteiger partial charge in [-0.1, -0.05) is 17.7 Å². The maximum absolute atomic E-state index is 13.2. The summed E-state index contributed by atoms with van der Waals surface area (Å²) in [6.45, 7) is 3.61. The second-order valence-corrected chi connectivity index (χ2v) is 9.04. The fraction of sp³-hybridized carbons (Fsp3) is 0.500. The van der Waals surface area contributed by atoms with Crippen LogP contribution in [0.1, 0.15) is 71.1 Å². The van der Waals surface area contributed by atoms with E-state index in [1.807, 2.05) is 41.0 Å². The van der Waals surface area contributed by atoms with Crippen LogP contribution in [0.3, 0.4) is 0 Å². The zero-order valence-electron chi connectivity index (χ0n) is 17.9. The topological polar surface area (TPSA) is 86.4 Å². The van der Waals surface area contributed by atoms with Gasteiger partial charge < -0.3 is 14.8 Å². The molecule has 1 aliphatic carbocycles. The minimum absolute atomic E-state index is 0.0318. The predicted molar refractivity (Wildman–Crippen MR) is 116 cm³/mol. The Kier molecular flexibility index (Phi) is 5.12. The lowest BCUT2D eigenvalue weighted by Gasteiger charge is -2.36. The highest BCUT2D eigenvalue weighted by atomic mass is 16.2. The maximum atomic E-state index is 13.2. The number of H-pyrrole nitrogens is 1. The van der Waals surface area contributed by atoms with Crippen LogP contribution in [0.15, 0.2) is 29.1 Å². The van der Waals surface area contributed by atoms with Gasteiger partial charge >= 0.3 is 0 Å². The number of aromatic amines is 1. The molecule has 2 amide bonds. The van der Waals surface area contributed by atoms with Crippen LogP contribution in [0.2, 0.25) is 0 Å². The number of carbonyl (C=O) groups excluding carboxylic acids is 2. The van der Waals surface area contributed by atoms with Crippen molar-refractivity contribution in [3.63, 3.8) is 0 Å². The number of piperidine rings is 1. The molecule has 3 aliphatic rings. The molecule has 1 saturated heterocycles. The van der Waals surface area contributed by atoms with E-state index >= 15 is 0 Å². The molecule has 162 valence electrons. The predicted octanol–water partition coefficient (Wildman–Crippen LogP) is 2.74. The van der Waals surface area contributed by atoms with E-state index in [-0.39, 0.29) is 29.3 Å². The normalized spacial score (nSPS) is 21.0. The second-order valence-electron chi connectivity index (χ2n) is 9.04. The first kappa shape index (κ1) is 20.0. The van der Waals surface area contributed by atoms with Crippen molar-refractivity contribution >= 4 is 11.8 Å². The fourth-order valence-electron chi connectivity index (χ4n) is 4.71. The molecule has 7 heteroatoms. The van der Waals surface area contributed by atoms with Gasteiger partial charge in [0.25, 0.3) is 11.5 Å². The van der Waals surface area contributed by atoms with Gasteiger partial charge in [0.15, 0.2) is 0 Å². The molecule has 2 aliphatic heterocycles. The summed E-state index contributed by atoms with van der Waals surface area (Å²) in [4.78, 5) is 50.1. The van der Waals surface area contributed by atoms with Crippen molar-refractivity contribution in [2.75, 3.05) is 13.1 Å². The summed E-state index contributed by atoms with van der Waals surface area (Å²) in [6, 6.07) is 7.34. The average molecular weight is 421 g/mol. The molecule has 3 heterocycles. The number of aromatic nitrogens is 2. The monoisotopic (exact) mass is 420 g/mol. The lowest BCUT2D eigenvalue weighted by Crippen LogP contribution is -2.42. The van der Waals surface area contributed by atoms with Gasteiger partial charge in [-0.15, -0.1) is 0 Å². The quantitative estimate of drug-likeness (QED) is 0.827. The van der Waals surface area contributed by atoms with Gasteiger partial charge in [-0.05, 0) is 57.6 Å². The first-order valence-electron chi connectivity index (χ1n) is 11.3. The molecule has 0 unspecified atom stereocenters. The molecular formula is C24H28N4O3. The molecule has 2 aromatic rings. The first-order chi connectivity index (χ1) is 15.0. The molecule has 1 N–H and O–H groups in total. The van der Waals surface area contributed by atoms with Crippen molar-refractivity contribution in [3.8, 4) is 0 Å². The molecule has 1 atom stereocenters. The standard InChI is InChI=1S/C24H28N4O3/c1-15-5-7-17(8-6-15)24(31)28-12-3-2-4-20(28)21-25-19-14-27(23(30)16-9-10-16)13-11-18(19)22(29)26-21/h5-8,16,20H,2-4,9-14H2,1H3,(H,25,26,29)/t20-/m0/s1. The zero-order chi connectivity index (χ0) is 21.5. The lowest BCUT2D eigenvalue weighted by molar-refractivity contribution is -0.133. The summed E-state index contributed by atoms with van der Waals surface area (Å²) >= 11 is 0. The van der Waals surface area contributed by atoms with Gasteiger partial charge in [0.2, 0.25) is 5.91 Å². The van der Waals surface area contributed by atoms with Crippen molar-refractivity contribution in [1.82, 2.24) is 19.8 Å². The van der Waals surface area contributed by atoms with E-state index in [0.717, 1.165) is 37.7 Å². The summed E-state index contributed by atoms with van der Waals surface area (Å²) in [7, 11) is 0. The van der Waals surface area contributed by atoms with Crippen molar-refractivity contribution < 1.29 is 9.59 Å². The Morgan fingerprint density at radius 3 is 2.58 bits per heavy atom. The van der Waals surface area contributed by atoms with Crippen LogP contribution < -0.4 is 5.56 Å². The molecule has 7 nitrogen and oxygen atoms in total. The number of nitrogens with one attached hydrogen (secondary N) is 1. The van der Waals surface area contributed by atoms with E-state index in [0.29, 0.717) is 48.7 Å². The fourth-order valence-corrected chi connectivity index (χ4v) is 4.71. The summed E-state index contributed by atoms with van der Waals surface area (Å²) in [6.07, 6.45) is 5.16. The van der Waals surface area contributed by atoms with Crippen LogP contribution in [0, 0.1) is 12.8 Å². The van der Waals surface area contributed by atoms with Crippen LogP contribution in [0.4, 0.5) is 0 Å². The molecule has 31 heavy (non-hydrogen) atoms. The number of amides is 2. The molecule has 1 aromatic heterocycles. The number of rotatable bonds is 3. The third kappa shape index (κ3) is 3.89. The Morgan fingerprint density at radius 1 is 1.06 bits per heavy atom. The van der Waals surface area contributed by atoms with Crippen LogP contribution >= 0.6 is 0 Å². The Bertz CT molecular complexity index is 1070. The number of carbonyl (C=O) groups is 2. The third-order valence-electron chi connectivity index (χ3n) is 6.71. The summed E-state index contributed by atoms with van der Waals surface area (Å²) < 4.78 is 0.